The van der Waals surface area contributed by atoms with E-state index in [0.29, 0.717) is 12.2 Å². The molecule has 0 aromatic heterocycles. The SMILES string of the molecule is C=CCSCCNC(=O)Nc1ccc(O)c(C(=O)O)c1. The molecule has 7 heteroatoms. The molecule has 0 atom stereocenters. The van der Waals surface area contributed by atoms with E-state index in [9.17, 15) is 14.7 Å². The summed E-state index contributed by atoms with van der Waals surface area (Å²) in [6, 6.07) is 3.42. The van der Waals surface area contributed by atoms with Crippen molar-refractivity contribution in [1.29, 1.82) is 0 Å². The molecule has 1 aromatic rings. The molecule has 0 aliphatic heterocycles. The van der Waals surface area contributed by atoms with Gasteiger partial charge in [-0.1, -0.05) is 6.08 Å². The van der Waals surface area contributed by atoms with Crippen LogP contribution in [0.5, 0.6) is 5.75 Å². The molecule has 0 unspecified atom stereocenters. The van der Waals surface area contributed by atoms with Gasteiger partial charge in [-0.2, -0.15) is 11.8 Å². The molecule has 0 aliphatic carbocycles. The predicted molar refractivity (Wildman–Crippen MR) is 79.6 cm³/mol. The average molecular weight is 296 g/mol. The molecular formula is C13H16N2O4S. The number of carboxylic acids is 1. The average Bonchev–Trinajstić information content (AvgIpc) is 2.40. The van der Waals surface area contributed by atoms with Crippen LogP contribution in [0.4, 0.5) is 10.5 Å². The summed E-state index contributed by atoms with van der Waals surface area (Å²) in [6.07, 6.45) is 1.79. The quantitative estimate of drug-likeness (QED) is 0.351. The van der Waals surface area contributed by atoms with Crippen molar-refractivity contribution in [3.63, 3.8) is 0 Å². The van der Waals surface area contributed by atoms with Crippen LogP contribution in [0.25, 0.3) is 0 Å². The second kappa shape index (κ2) is 8.11. The molecule has 0 spiro atoms. The first-order valence-corrected chi connectivity index (χ1v) is 7.00. The summed E-state index contributed by atoms with van der Waals surface area (Å²) in [5.74, 6) is -0.0183. The molecule has 20 heavy (non-hydrogen) atoms. The number of thioether (sulfide) groups is 1. The summed E-state index contributed by atoms with van der Waals surface area (Å²) in [7, 11) is 0. The largest absolute Gasteiger partial charge is 0.507 e. The summed E-state index contributed by atoms with van der Waals surface area (Å²) >= 11 is 1.64. The third-order valence-electron chi connectivity index (χ3n) is 2.25. The van der Waals surface area contributed by atoms with E-state index >= 15 is 0 Å². The third-order valence-corrected chi connectivity index (χ3v) is 3.22. The fourth-order valence-corrected chi connectivity index (χ4v) is 1.94. The maximum atomic E-state index is 11.5. The first kappa shape index (κ1) is 15.9. The number of phenols is 1. The second-order valence-electron chi connectivity index (χ2n) is 3.78. The molecule has 108 valence electrons. The Labute approximate surface area is 120 Å². The van der Waals surface area contributed by atoms with Crippen molar-refractivity contribution in [2.45, 2.75) is 0 Å². The maximum absolute atomic E-state index is 11.5. The lowest BCUT2D eigenvalue weighted by Gasteiger charge is -2.08. The molecule has 0 heterocycles. The third kappa shape index (κ3) is 5.23. The zero-order valence-corrected chi connectivity index (χ0v) is 11.6. The highest BCUT2D eigenvalue weighted by molar-refractivity contribution is 7.99. The van der Waals surface area contributed by atoms with Crippen molar-refractivity contribution < 1.29 is 19.8 Å². The summed E-state index contributed by atoms with van der Waals surface area (Å²) in [5.41, 5.74) is 0.0424. The molecule has 1 aromatic carbocycles. The van der Waals surface area contributed by atoms with E-state index in [0.717, 1.165) is 11.5 Å². The number of amides is 2. The van der Waals surface area contributed by atoms with Gasteiger partial charge in [0.15, 0.2) is 0 Å². The fraction of sp³-hybridized carbons (Fsp3) is 0.231. The standard InChI is InChI=1S/C13H16N2O4S/c1-2-6-20-7-5-14-13(19)15-9-3-4-11(16)10(8-9)12(17)18/h2-4,8,16H,1,5-7H2,(H,17,18)(H2,14,15,19). The lowest BCUT2D eigenvalue weighted by Crippen LogP contribution is -2.30. The minimum atomic E-state index is -1.26. The van der Waals surface area contributed by atoms with Crippen molar-refractivity contribution in [2.75, 3.05) is 23.4 Å². The number of hydrogen-bond donors (Lipinski definition) is 4. The number of hydrogen-bond acceptors (Lipinski definition) is 4. The Hall–Kier alpha value is -2.15. The van der Waals surface area contributed by atoms with Crippen molar-refractivity contribution >= 4 is 29.4 Å². The van der Waals surface area contributed by atoms with Crippen LogP contribution in [0.3, 0.4) is 0 Å². The number of nitrogens with one attached hydrogen (secondary N) is 2. The van der Waals surface area contributed by atoms with Gasteiger partial charge in [-0.05, 0) is 18.2 Å². The summed E-state index contributed by atoms with van der Waals surface area (Å²) in [4.78, 5) is 22.4. The van der Waals surface area contributed by atoms with Crippen molar-refractivity contribution in [2.24, 2.45) is 0 Å². The molecule has 0 bridgehead atoms. The molecule has 4 N–H and O–H groups in total. The van der Waals surface area contributed by atoms with E-state index in [4.69, 9.17) is 5.11 Å². The summed E-state index contributed by atoms with van der Waals surface area (Å²) in [5, 5.41) is 23.3. The van der Waals surface area contributed by atoms with Crippen molar-refractivity contribution in [3.8, 4) is 5.75 Å². The predicted octanol–water partition coefficient (Wildman–Crippen LogP) is 2.13. The van der Waals surface area contributed by atoms with E-state index < -0.39 is 12.0 Å². The number of carboxylic acid groups (broad SMARTS) is 1. The zero-order chi connectivity index (χ0) is 15.0. The number of urea groups is 1. The van der Waals surface area contributed by atoms with Gasteiger partial charge in [0.2, 0.25) is 0 Å². The van der Waals surface area contributed by atoms with Crippen LogP contribution >= 0.6 is 11.8 Å². The Morgan fingerprint density at radius 2 is 2.15 bits per heavy atom. The minimum absolute atomic E-state index is 0.260. The van der Waals surface area contributed by atoms with E-state index in [1.54, 1.807) is 17.8 Å². The smallest absolute Gasteiger partial charge is 0.339 e. The van der Waals surface area contributed by atoms with Gasteiger partial charge in [-0.3, -0.25) is 0 Å². The monoisotopic (exact) mass is 296 g/mol. The highest BCUT2D eigenvalue weighted by atomic mass is 32.2. The van der Waals surface area contributed by atoms with Crippen LogP contribution in [0, 0.1) is 0 Å². The lowest BCUT2D eigenvalue weighted by molar-refractivity contribution is 0.0693. The molecule has 0 radical (unpaired) electrons. The highest BCUT2D eigenvalue weighted by Gasteiger charge is 2.11. The lowest BCUT2D eigenvalue weighted by atomic mass is 10.2. The molecule has 1 rings (SSSR count). The highest BCUT2D eigenvalue weighted by Crippen LogP contribution is 2.21. The topological polar surface area (TPSA) is 98.7 Å². The first-order chi connectivity index (χ1) is 9.54. The van der Waals surface area contributed by atoms with Gasteiger partial charge >= 0.3 is 12.0 Å². The zero-order valence-electron chi connectivity index (χ0n) is 10.8. The van der Waals surface area contributed by atoms with Gasteiger partial charge in [-0.25, -0.2) is 9.59 Å². The number of rotatable bonds is 7. The molecule has 0 saturated heterocycles. The van der Waals surface area contributed by atoms with Gasteiger partial charge in [0.1, 0.15) is 11.3 Å². The van der Waals surface area contributed by atoms with Crippen LogP contribution in [0.2, 0.25) is 0 Å². The molecule has 0 saturated carbocycles. The maximum Gasteiger partial charge on any atom is 0.339 e. The summed E-state index contributed by atoms with van der Waals surface area (Å²) in [6.45, 7) is 4.08. The normalized spacial score (nSPS) is 9.80. The van der Waals surface area contributed by atoms with Crippen molar-refractivity contribution in [3.05, 3.63) is 36.4 Å². The van der Waals surface area contributed by atoms with E-state index in [1.165, 1.54) is 18.2 Å². The van der Waals surface area contributed by atoms with E-state index in [2.05, 4.69) is 17.2 Å². The van der Waals surface area contributed by atoms with Gasteiger partial charge in [0.05, 0.1) is 0 Å². The number of aromatic hydroxyl groups is 1. The molecular weight excluding hydrogens is 280 g/mol. The fourth-order valence-electron chi connectivity index (χ4n) is 1.36. The number of anilines is 1. The van der Waals surface area contributed by atoms with Crippen LogP contribution in [-0.4, -0.2) is 40.3 Å². The summed E-state index contributed by atoms with van der Waals surface area (Å²) < 4.78 is 0. The van der Waals surface area contributed by atoms with Gasteiger partial charge in [-0.15, -0.1) is 6.58 Å². The second-order valence-corrected chi connectivity index (χ2v) is 4.93. The Morgan fingerprint density at radius 3 is 2.80 bits per heavy atom. The van der Waals surface area contributed by atoms with Crippen LogP contribution in [0.15, 0.2) is 30.9 Å². The minimum Gasteiger partial charge on any atom is -0.507 e. The number of aromatic carboxylic acids is 1. The molecule has 6 nitrogen and oxygen atoms in total. The molecule has 0 fully saturated rings. The van der Waals surface area contributed by atoms with Gasteiger partial charge < -0.3 is 20.8 Å². The Bertz CT molecular complexity index is 505. The van der Waals surface area contributed by atoms with Crippen molar-refractivity contribution in [1.82, 2.24) is 5.32 Å². The van der Waals surface area contributed by atoms with Gasteiger partial charge in [0, 0.05) is 23.7 Å². The molecule has 0 aliphatic rings. The number of benzene rings is 1. The van der Waals surface area contributed by atoms with Gasteiger partial charge in [0.25, 0.3) is 0 Å². The van der Waals surface area contributed by atoms with Crippen LogP contribution < -0.4 is 10.6 Å². The van der Waals surface area contributed by atoms with Crippen LogP contribution in [0.1, 0.15) is 10.4 Å². The Balaban J connectivity index is 2.47. The number of carbonyl (C=O) groups is 2. The molecule has 2 amide bonds. The Morgan fingerprint density at radius 1 is 1.40 bits per heavy atom. The number of carbonyl (C=O) groups excluding carboxylic acids is 1. The van der Waals surface area contributed by atoms with Crippen LogP contribution in [-0.2, 0) is 0 Å². The van der Waals surface area contributed by atoms with E-state index in [1.807, 2.05) is 0 Å². The van der Waals surface area contributed by atoms with E-state index in [-0.39, 0.29) is 11.3 Å². The Kier molecular flexibility index (Phi) is 6.45. The first-order valence-electron chi connectivity index (χ1n) is 5.84.